The first-order valence-electron chi connectivity index (χ1n) is 16.5. The van der Waals surface area contributed by atoms with Crippen molar-refractivity contribution in [2.45, 2.75) is 110 Å². The van der Waals surface area contributed by atoms with E-state index in [0.29, 0.717) is 48.2 Å². The molecule has 1 amide bonds. The van der Waals surface area contributed by atoms with Crippen molar-refractivity contribution in [3.63, 3.8) is 0 Å². The molecule has 42 heavy (non-hydrogen) atoms. The summed E-state index contributed by atoms with van der Waals surface area (Å²) in [5, 5.41) is 36.6. The first-order chi connectivity index (χ1) is 19.5. The predicted molar refractivity (Wildman–Crippen MR) is 161 cm³/mol. The second kappa shape index (κ2) is 12.9. The number of aliphatic hydroxyl groups is 3. The minimum absolute atomic E-state index is 0.0368. The fourth-order valence-corrected chi connectivity index (χ4v) is 10.8. The van der Waals surface area contributed by atoms with Crippen LogP contribution >= 0.6 is 0 Å². The van der Waals surface area contributed by atoms with Crippen molar-refractivity contribution in [3.05, 3.63) is 0 Å². The average molecular weight is 615 g/mol. The summed E-state index contributed by atoms with van der Waals surface area (Å²) in [6, 6.07) is 0. The van der Waals surface area contributed by atoms with Crippen LogP contribution in [0.25, 0.3) is 0 Å². The molecule has 11 atom stereocenters. The van der Waals surface area contributed by atoms with Crippen LogP contribution < -0.4 is 5.32 Å². The fourth-order valence-electron chi connectivity index (χ4n) is 10.3. The van der Waals surface area contributed by atoms with Crippen molar-refractivity contribution in [1.29, 1.82) is 0 Å². The number of hydrogen-bond donors (Lipinski definition) is 4. The van der Waals surface area contributed by atoms with Crippen LogP contribution in [0.5, 0.6) is 0 Å². The van der Waals surface area contributed by atoms with E-state index in [2.05, 4.69) is 26.1 Å². The number of rotatable bonds is 12. The summed E-state index contributed by atoms with van der Waals surface area (Å²) < 4.78 is 33.1. The zero-order chi connectivity index (χ0) is 31.1. The average Bonchev–Trinajstić information content (AvgIpc) is 3.24. The Kier molecular flexibility index (Phi) is 10.5. The number of carbonyl (C=O) groups is 1. The summed E-state index contributed by atoms with van der Waals surface area (Å²) in [5.74, 6) is 1.38. The number of quaternary nitrogens is 1. The van der Waals surface area contributed by atoms with E-state index in [1.54, 1.807) is 0 Å². The topological polar surface area (TPSA) is 147 Å². The number of carbonyl (C=O) groups excluding carboxylic acids is 1. The largest absolute Gasteiger partial charge is 0.748 e. The maximum Gasteiger partial charge on any atom is 0.220 e. The maximum atomic E-state index is 12.7. The van der Waals surface area contributed by atoms with Crippen LogP contribution in [-0.4, -0.2) is 96.5 Å². The number of hydrogen-bond acceptors (Lipinski definition) is 7. The zero-order valence-corrected chi connectivity index (χ0v) is 27.4. The van der Waals surface area contributed by atoms with Gasteiger partial charge in [0.1, 0.15) is 0 Å². The molecule has 0 aromatic heterocycles. The Morgan fingerprint density at radius 3 is 2.40 bits per heavy atom. The minimum Gasteiger partial charge on any atom is -0.748 e. The zero-order valence-electron chi connectivity index (χ0n) is 26.6. The van der Waals surface area contributed by atoms with Gasteiger partial charge in [0.25, 0.3) is 0 Å². The van der Waals surface area contributed by atoms with Gasteiger partial charge in [-0.2, -0.15) is 0 Å². The molecule has 1 unspecified atom stereocenters. The molecule has 0 heterocycles. The lowest BCUT2D eigenvalue weighted by Crippen LogP contribution is -2.62. The lowest BCUT2D eigenvalue weighted by atomic mass is 9.43. The molecular weight excluding hydrogens is 556 g/mol. The van der Waals surface area contributed by atoms with Crippen molar-refractivity contribution in [3.8, 4) is 0 Å². The number of aliphatic hydroxyl groups excluding tert-OH is 3. The lowest BCUT2D eigenvalue weighted by molar-refractivity contribution is -0.890. The third-order valence-corrected chi connectivity index (χ3v) is 13.6. The van der Waals surface area contributed by atoms with E-state index >= 15 is 0 Å². The third kappa shape index (κ3) is 7.20. The lowest BCUT2D eigenvalue weighted by Gasteiger charge is -2.63. The minimum atomic E-state index is -4.18. The van der Waals surface area contributed by atoms with Gasteiger partial charge in [0.15, 0.2) is 0 Å². The van der Waals surface area contributed by atoms with E-state index in [4.69, 9.17) is 0 Å². The molecule has 9 nitrogen and oxygen atoms in total. The van der Waals surface area contributed by atoms with Gasteiger partial charge in [-0.3, -0.25) is 4.79 Å². The molecule has 4 fully saturated rings. The molecule has 0 saturated heterocycles. The highest BCUT2D eigenvalue weighted by Crippen LogP contribution is 2.68. The molecule has 4 N–H and O–H groups in total. The molecule has 0 aromatic carbocycles. The molecule has 0 radical (unpaired) electrons. The second-order valence-electron chi connectivity index (χ2n) is 15.7. The maximum absolute atomic E-state index is 12.7. The molecule has 10 heteroatoms. The summed E-state index contributed by atoms with van der Waals surface area (Å²) in [7, 11) is -0.177. The highest BCUT2D eigenvalue weighted by atomic mass is 32.2. The summed E-state index contributed by atoms with van der Waals surface area (Å²) in [6.07, 6.45) is 7.35. The first-order valence-corrected chi connectivity index (χ1v) is 18.1. The first kappa shape index (κ1) is 34.1. The van der Waals surface area contributed by atoms with Crippen LogP contribution in [0.15, 0.2) is 0 Å². The van der Waals surface area contributed by atoms with Crippen LogP contribution in [0.2, 0.25) is 0 Å². The number of amides is 1. The van der Waals surface area contributed by atoms with Gasteiger partial charge in [-0.05, 0) is 97.7 Å². The van der Waals surface area contributed by atoms with E-state index in [1.165, 1.54) is 0 Å². The van der Waals surface area contributed by atoms with Crippen molar-refractivity contribution >= 4 is 16.0 Å². The Bertz CT molecular complexity index is 1050. The molecule has 4 rings (SSSR count). The number of nitrogens with zero attached hydrogens (tertiary/aromatic N) is 1. The van der Waals surface area contributed by atoms with Crippen molar-refractivity contribution in [2.75, 3.05) is 39.5 Å². The number of nitrogens with one attached hydrogen (secondary N) is 1. The Balaban J connectivity index is 1.27. The molecule has 4 aliphatic carbocycles. The summed E-state index contributed by atoms with van der Waals surface area (Å²) >= 11 is 0. The van der Waals surface area contributed by atoms with Gasteiger partial charge in [0, 0.05) is 31.6 Å². The van der Waals surface area contributed by atoms with Crippen molar-refractivity contribution < 1.29 is 37.6 Å². The van der Waals surface area contributed by atoms with Crippen LogP contribution in [0.4, 0.5) is 0 Å². The summed E-state index contributed by atoms with van der Waals surface area (Å²) in [5.41, 5.74) is -0.191. The molecule has 244 valence electrons. The van der Waals surface area contributed by atoms with Gasteiger partial charge >= 0.3 is 0 Å². The number of fused-ring (bicyclic) bond motifs is 5. The normalized spacial score (nSPS) is 41.0. The highest BCUT2D eigenvalue weighted by molar-refractivity contribution is 7.85. The Hall–Kier alpha value is -0.780. The Morgan fingerprint density at radius 2 is 1.71 bits per heavy atom. The van der Waals surface area contributed by atoms with Crippen molar-refractivity contribution in [2.24, 2.45) is 46.3 Å². The fraction of sp³-hybridized carbons (Fsp3) is 0.969. The Labute approximate surface area is 254 Å². The molecular formula is C32H58N2O7S. The highest BCUT2D eigenvalue weighted by Gasteiger charge is 2.65. The predicted octanol–water partition coefficient (Wildman–Crippen LogP) is 2.88. The van der Waals surface area contributed by atoms with Gasteiger partial charge < -0.3 is 29.7 Å². The van der Waals surface area contributed by atoms with E-state index in [0.717, 1.165) is 64.3 Å². The molecule has 0 spiro atoms. The molecule has 0 aromatic rings. The molecule has 4 aliphatic rings. The van der Waals surface area contributed by atoms with E-state index < -0.39 is 16.2 Å². The smallest absolute Gasteiger partial charge is 0.220 e. The van der Waals surface area contributed by atoms with E-state index in [1.807, 2.05) is 14.1 Å². The van der Waals surface area contributed by atoms with Crippen LogP contribution in [0, 0.1) is 46.3 Å². The van der Waals surface area contributed by atoms with Gasteiger partial charge in [0.2, 0.25) is 5.91 Å². The van der Waals surface area contributed by atoms with Crippen LogP contribution in [0.3, 0.4) is 0 Å². The quantitative estimate of drug-likeness (QED) is 0.150. The van der Waals surface area contributed by atoms with Crippen LogP contribution in [0.1, 0.15) is 91.4 Å². The van der Waals surface area contributed by atoms with Crippen LogP contribution in [-0.2, 0) is 14.9 Å². The summed E-state index contributed by atoms with van der Waals surface area (Å²) in [4.78, 5) is 12.7. The van der Waals surface area contributed by atoms with Gasteiger partial charge in [-0.25, -0.2) is 8.42 Å². The third-order valence-electron chi connectivity index (χ3n) is 12.8. The van der Waals surface area contributed by atoms with Gasteiger partial charge in [-0.1, -0.05) is 20.8 Å². The summed E-state index contributed by atoms with van der Waals surface area (Å²) in [6.45, 7) is 8.78. The van der Waals surface area contributed by atoms with E-state index in [9.17, 15) is 33.1 Å². The Morgan fingerprint density at radius 1 is 1.02 bits per heavy atom. The van der Waals surface area contributed by atoms with Crippen molar-refractivity contribution in [1.82, 2.24) is 5.32 Å². The molecule has 4 saturated carbocycles. The van der Waals surface area contributed by atoms with E-state index in [-0.39, 0.29) is 52.5 Å². The second-order valence-corrected chi connectivity index (χ2v) is 17.3. The standard InChI is InChI=1S/C32H58N2O7S/c1-21(8-11-29(38)33-14-6-15-34(4,5)16-7-17-42(39,40)41)24-9-10-25-30-26(20-28(37)32(24,25)3)31(2)13-12-23(35)18-22(31)19-27(30)36/h21-28,30,35-37H,6-20H2,1-5H3,(H-,33,38,39,40,41)/t21-,22+,23-,24?,25+,26+,27-,28+,30+,31+,32-/m1/s1. The molecule has 0 aliphatic heterocycles. The molecule has 0 bridgehead atoms. The monoisotopic (exact) mass is 614 g/mol. The van der Waals surface area contributed by atoms with Gasteiger partial charge in [-0.15, -0.1) is 0 Å². The van der Waals surface area contributed by atoms with Gasteiger partial charge in [0.05, 0.1) is 55.6 Å². The SMILES string of the molecule is C[C@H](CCC(=O)NCCC[N+](C)(C)CCCS(=O)(=O)[O-])C1CC[C@H]2[C@@H]3[C@H](O)C[C@@H]4C[C@H](O)CC[C@]4(C)[C@H]3C[C@H](O)[C@]12C.